The second-order valence-electron chi connectivity index (χ2n) is 6.77. The minimum absolute atomic E-state index is 1.14. The number of hydrogen-bond acceptors (Lipinski definition) is 2. The number of benzene rings is 1. The van der Waals surface area contributed by atoms with Crippen LogP contribution in [0.3, 0.4) is 0 Å². The van der Waals surface area contributed by atoms with E-state index in [2.05, 4.69) is 72.0 Å². The van der Waals surface area contributed by atoms with E-state index >= 15 is 0 Å². The van der Waals surface area contributed by atoms with Gasteiger partial charge in [-0.2, -0.15) is 0 Å². The highest BCUT2D eigenvalue weighted by Gasteiger charge is 2.47. The summed E-state index contributed by atoms with van der Waals surface area (Å²) in [6, 6.07) is 8.74. The maximum absolute atomic E-state index is 6.90. The third-order valence-electron chi connectivity index (χ3n) is 3.07. The summed E-state index contributed by atoms with van der Waals surface area (Å²) < 4.78 is 5.12. The van der Waals surface area contributed by atoms with Gasteiger partial charge in [0, 0.05) is 11.4 Å². The van der Waals surface area contributed by atoms with E-state index in [1.165, 1.54) is 11.4 Å². The molecule has 2 nitrogen and oxygen atoms in total. The topological polar surface area (TPSA) is 6.48 Å². The molecule has 0 saturated heterocycles. The number of anilines is 2. The first kappa shape index (κ1) is 14.2. The lowest BCUT2D eigenvalue weighted by atomic mass is 10.3. The van der Waals surface area contributed by atoms with Gasteiger partial charge >= 0.3 is 8.43 Å². The molecule has 0 atom stereocenters. The Labute approximate surface area is 119 Å². The van der Waals surface area contributed by atoms with E-state index in [1.807, 2.05) is 0 Å². The van der Waals surface area contributed by atoms with Crippen LogP contribution >= 0.6 is 11.1 Å². The number of nitrogens with zero attached hydrogens (tertiary/aromatic N) is 2. The smallest absolute Gasteiger partial charge is 0.395 e. The fourth-order valence-electron chi connectivity index (χ4n) is 2.42. The molecule has 0 amide bonds. The van der Waals surface area contributed by atoms with Crippen LogP contribution in [0.2, 0.25) is 39.3 Å². The highest BCUT2D eigenvalue weighted by atomic mass is 35.6. The van der Waals surface area contributed by atoms with Gasteiger partial charge in [0.05, 0.1) is 0 Å². The van der Waals surface area contributed by atoms with Crippen LogP contribution in [-0.4, -0.2) is 24.9 Å². The lowest BCUT2D eigenvalue weighted by molar-refractivity contribution is 1.46. The van der Waals surface area contributed by atoms with Crippen LogP contribution in [0.15, 0.2) is 24.3 Å². The summed E-state index contributed by atoms with van der Waals surface area (Å²) in [6.45, 7) is 14.3. The fourth-order valence-corrected chi connectivity index (χ4v) is 15.7. The van der Waals surface area contributed by atoms with Crippen molar-refractivity contribution >= 4 is 47.4 Å². The zero-order valence-corrected chi connectivity index (χ0v) is 15.8. The summed E-state index contributed by atoms with van der Waals surface area (Å²) >= 11 is 6.90. The van der Waals surface area contributed by atoms with Crippen molar-refractivity contribution in [3.63, 3.8) is 0 Å². The summed E-state index contributed by atoms with van der Waals surface area (Å²) in [6.07, 6.45) is 0. The second kappa shape index (κ2) is 4.40. The molecular formula is C12H22ClN2Si3. The Balaban J connectivity index is 2.57. The van der Waals surface area contributed by atoms with Gasteiger partial charge in [0.15, 0.2) is 0 Å². The average Bonchev–Trinajstić information content (AvgIpc) is 2.47. The molecule has 1 aliphatic heterocycles. The first-order chi connectivity index (χ1) is 8.14. The first-order valence-corrected chi connectivity index (χ1v) is 15.7. The second-order valence-corrected chi connectivity index (χ2v) is 19.7. The van der Waals surface area contributed by atoms with Crippen LogP contribution < -0.4 is 8.46 Å². The Hall–Kier alpha value is -0.239. The highest BCUT2D eigenvalue weighted by Crippen LogP contribution is 2.44. The van der Waals surface area contributed by atoms with Crippen molar-refractivity contribution in [2.45, 2.75) is 39.3 Å². The van der Waals surface area contributed by atoms with Crippen LogP contribution in [0.4, 0.5) is 11.4 Å². The van der Waals surface area contributed by atoms with E-state index in [0.29, 0.717) is 0 Å². The van der Waals surface area contributed by atoms with Gasteiger partial charge in [-0.1, -0.05) is 51.4 Å². The van der Waals surface area contributed by atoms with Gasteiger partial charge in [-0.3, -0.25) is 0 Å². The molecule has 0 unspecified atom stereocenters. The van der Waals surface area contributed by atoms with E-state index in [1.54, 1.807) is 0 Å². The van der Waals surface area contributed by atoms with Crippen LogP contribution in [0.25, 0.3) is 0 Å². The number of para-hydroxylation sites is 2. The van der Waals surface area contributed by atoms with Crippen LogP contribution in [-0.2, 0) is 0 Å². The van der Waals surface area contributed by atoms with Gasteiger partial charge in [-0.15, -0.1) is 11.1 Å². The molecule has 6 heteroatoms. The summed E-state index contributed by atoms with van der Waals surface area (Å²) in [5, 5.41) is 0. The third kappa shape index (κ3) is 2.29. The highest BCUT2D eigenvalue weighted by molar-refractivity contribution is 7.23. The fraction of sp³-hybridized carbons (Fsp3) is 0.500. The third-order valence-corrected chi connectivity index (χ3v) is 14.6. The van der Waals surface area contributed by atoms with Gasteiger partial charge in [-0.25, -0.2) is 0 Å². The predicted octanol–water partition coefficient (Wildman–Crippen LogP) is 4.21. The van der Waals surface area contributed by atoms with Crippen molar-refractivity contribution in [3.05, 3.63) is 24.3 Å². The quantitative estimate of drug-likeness (QED) is 0.596. The molecule has 0 N–H and O–H groups in total. The summed E-state index contributed by atoms with van der Waals surface area (Å²) in [4.78, 5) is 0. The predicted molar refractivity (Wildman–Crippen MR) is 89.7 cm³/mol. The van der Waals surface area contributed by atoms with Gasteiger partial charge in [0.2, 0.25) is 0 Å². The number of fused-ring (bicyclic) bond motifs is 1. The van der Waals surface area contributed by atoms with Crippen molar-refractivity contribution in [2.24, 2.45) is 0 Å². The monoisotopic (exact) mass is 313 g/mol. The Bertz CT molecular complexity index is 412. The Morgan fingerprint density at radius 2 is 1.17 bits per heavy atom. The molecular weight excluding hydrogens is 292 g/mol. The largest absolute Gasteiger partial charge is 0.397 e. The van der Waals surface area contributed by atoms with Gasteiger partial charge in [0.1, 0.15) is 16.5 Å². The minimum Gasteiger partial charge on any atom is -0.395 e. The molecule has 0 spiro atoms. The van der Waals surface area contributed by atoms with Crippen LogP contribution in [0, 0.1) is 0 Å². The summed E-state index contributed by atoms with van der Waals surface area (Å²) in [5.74, 6) is 0. The molecule has 1 aromatic rings. The van der Waals surface area contributed by atoms with E-state index in [4.69, 9.17) is 11.1 Å². The lowest BCUT2D eigenvalue weighted by Gasteiger charge is -2.39. The molecule has 0 aromatic heterocycles. The van der Waals surface area contributed by atoms with Crippen molar-refractivity contribution in [2.75, 3.05) is 8.46 Å². The molecule has 2 rings (SSSR count). The Morgan fingerprint density at radius 1 is 0.833 bits per heavy atom. The number of rotatable bonds is 2. The Morgan fingerprint density at radius 3 is 1.44 bits per heavy atom. The van der Waals surface area contributed by atoms with Crippen LogP contribution in [0.1, 0.15) is 0 Å². The molecule has 0 saturated carbocycles. The normalized spacial score (nSPS) is 17.3. The maximum Gasteiger partial charge on any atom is 0.397 e. The van der Waals surface area contributed by atoms with Gasteiger partial charge < -0.3 is 8.46 Å². The molecule has 1 aliphatic rings. The van der Waals surface area contributed by atoms with E-state index in [0.717, 1.165) is 0 Å². The summed E-state index contributed by atoms with van der Waals surface area (Å²) in [7, 11) is -4.01. The van der Waals surface area contributed by atoms with Crippen molar-refractivity contribution in [1.82, 2.24) is 0 Å². The maximum atomic E-state index is 6.90. The average molecular weight is 314 g/mol. The SMILES string of the molecule is C[Si](C)(C)N1c2ccccc2N([Si](C)(C)C)[Si]1Cl. The molecule has 0 aliphatic carbocycles. The summed E-state index contributed by atoms with van der Waals surface area (Å²) in [5.41, 5.74) is 2.73. The number of hydrogen-bond donors (Lipinski definition) is 0. The van der Waals surface area contributed by atoms with E-state index in [-0.39, 0.29) is 0 Å². The minimum atomic E-state index is -1.43. The lowest BCUT2D eigenvalue weighted by Crippen LogP contribution is -2.61. The van der Waals surface area contributed by atoms with Crippen molar-refractivity contribution < 1.29 is 0 Å². The number of halogens is 1. The van der Waals surface area contributed by atoms with E-state index in [9.17, 15) is 0 Å². The Kier molecular flexibility index (Phi) is 3.47. The first-order valence-electron chi connectivity index (χ1n) is 6.36. The zero-order chi connectivity index (χ0) is 13.7. The van der Waals surface area contributed by atoms with Gasteiger partial charge in [-0.05, 0) is 12.1 Å². The molecule has 0 bridgehead atoms. The molecule has 1 aromatic carbocycles. The molecule has 1 heterocycles. The van der Waals surface area contributed by atoms with Crippen molar-refractivity contribution in [1.29, 1.82) is 0 Å². The van der Waals surface area contributed by atoms with Gasteiger partial charge in [0.25, 0.3) is 0 Å². The molecule has 0 fully saturated rings. The molecule has 1 radical (unpaired) electrons. The van der Waals surface area contributed by atoms with E-state index < -0.39 is 24.9 Å². The standard InChI is InChI=1S/C12H22ClN2Si3/c1-17(2,3)14-11-9-7-8-10-12(11)15(16(14)13)18(4,5)6/h7-10H,1-6H3. The molecule has 99 valence electrons. The zero-order valence-electron chi connectivity index (χ0n) is 12.1. The molecule has 18 heavy (non-hydrogen) atoms. The van der Waals surface area contributed by atoms with Crippen molar-refractivity contribution in [3.8, 4) is 0 Å². The van der Waals surface area contributed by atoms with Crippen LogP contribution in [0.5, 0.6) is 0 Å².